The van der Waals surface area contributed by atoms with Crippen molar-refractivity contribution in [1.29, 1.82) is 0 Å². The molecule has 0 saturated carbocycles. The van der Waals surface area contributed by atoms with Gasteiger partial charge in [-0.25, -0.2) is 9.97 Å². The van der Waals surface area contributed by atoms with Gasteiger partial charge in [0.1, 0.15) is 0 Å². The van der Waals surface area contributed by atoms with Crippen molar-refractivity contribution in [2.75, 3.05) is 18.5 Å². The fourth-order valence-electron chi connectivity index (χ4n) is 1.63. The number of hydrogen-bond acceptors (Lipinski definition) is 5. The van der Waals surface area contributed by atoms with Gasteiger partial charge in [0, 0.05) is 24.1 Å². The fraction of sp³-hybridized carbons (Fsp3) is 0.286. The first-order chi connectivity index (χ1) is 9.72. The maximum atomic E-state index is 5.57. The molecule has 6 heteroatoms. The van der Waals surface area contributed by atoms with Crippen molar-refractivity contribution in [1.82, 2.24) is 9.97 Å². The van der Waals surface area contributed by atoms with Crippen molar-refractivity contribution in [2.45, 2.75) is 13.8 Å². The van der Waals surface area contributed by atoms with Crippen LogP contribution in [0.4, 0.5) is 11.6 Å². The van der Waals surface area contributed by atoms with Gasteiger partial charge in [-0.2, -0.15) is 0 Å². The third kappa shape index (κ3) is 3.84. The molecule has 0 spiro atoms. The summed E-state index contributed by atoms with van der Waals surface area (Å²) in [4.78, 5) is 8.33. The molecule has 0 amide bonds. The van der Waals surface area contributed by atoms with E-state index in [0.29, 0.717) is 24.9 Å². The zero-order chi connectivity index (χ0) is 14.4. The number of anilines is 2. The van der Waals surface area contributed by atoms with Crippen LogP contribution >= 0.6 is 15.9 Å². The van der Waals surface area contributed by atoms with Crippen LogP contribution in [-0.4, -0.2) is 23.2 Å². The largest absolute Gasteiger partial charge is 0.490 e. The summed E-state index contributed by atoms with van der Waals surface area (Å²) in [6.07, 6.45) is 3.38. The minimum atomic E-state index is 0.528. The normalized spacial score (nSPS) is 10.2. The van der Waals surface area contributed by atoms with E-state index in [9.17, 15) is 0 Å². The summed E-state index contributed by atoms with van der Waals surface area (Å²) < 4.78 is 11.9. The van der Waals surface area contributed by atoms with Gasteiger partial charge in [-0.05, 0) is 41.9 Å². The molecule has 0 aliphatic rings. The number of aromatic nitrogens is 2. The summed E-state index contributed by atoms with van der Waals surface area (Å²) in [7, 11) is 0. The Bertz CT molecular complexity index is 561. The second-order valence-electron chi connectivity index (χ2n) is 3.88. The van der Waals surface area contributed by atoms with Gasteiger partial charge in [-0.3, -0.25) is 0 Å². The van der Waals surface area contributed by atoms with Crippen molar-refractivity contribution in [3.63, 3.8) is 0 Å². The van der Waals surface area contributed by atoms with Gasteiger partial charge in [0.2, 0.25) is 5.95 Å². The van der Waals surface area contributed by atoms with Crippen LogP contribution in [0.3, 0.4) is 0 Å². The number of nitrogens with zero attached hydrogens (tertiary/aromatic N) is 2. The minimum absolute atomic E-state index is 0.528. The standard InChI is InChI=1S/C14H16BrN3O2/c1-3-19-12-6-5-11(7-13(12)20-4-2)18-14-16-8-10(15)9-17-14/h5-9H,3-4H2,1-2H3,(H,16,17,18). The van der Waals surface area contributed by atoms with Gasteiger partial charge in [0.05, 0.1) is 17.7 Å². The van der Waals surface area contributed by atoms with E-state index in [0.717, 1.165) is 15.9 Å². The molecule has 0 aliphatic carbocycles. The third-order valence-electron chi connectivity index (χ3n) is 2.42. The highest BCUT2D eigenvalue weighted by Gasteiger charge is 2.07. The Morgan fingerprint density at radius 3 is 2.35 bits per heavy atom. The highest BCUT2D eigenvalue weighted by atomic mass is 79.9. The van der Waals surface area contributed by atoms with E-state index in [-0.39, 0.29) is 0 Å². The molecule has 0 bridgehead atoms. The fourth-order valence-corrected chi connectivity index (χ4v) is 1.84. The average molecular weight is 338 g/mol. The zero-order valence-corrected chi connectivity index (χ0v) is 13.0. The maximum Gasteiger partial charge on any atom is 0.227 e. The smallest absolute Gasteiger partial charge is 0.227 e. The molecule has 1 heterocycles. The zero-order valence-electron chi connectivity index (χ0n) is 11.4. The molecule has 0 radical (unpaired) electrons. The lowest BCUT2D eigenvalue weighted by Gasteiger charge is -2.12. The SMILES string of the molecule is CCOc1ccc(Nc2ncc(Br)cn2)cc1OCC. The summed E-state index contributed by atoms with van der Waals surface area (Å²) in [6, 6.07) is 5.65. The lowest BCUT2D eigenvalue weighted by Crippen LogP contribution is -2.00. The van der Waals surface area contributed by atoms with E-state index < -0.39 is 0 Å². The predicted molar refractivity (Wildman–Crippen MR) is 81.8 cm³/mol. The van der Waals surface area contributed by atoms with E-state index in [1.54, 1.807) is 12.4 Å². The Morgan fingerprint density at radius 2 is 1.70 bits per heavy atom. The summed E-state index contributed by atoms with van der Waals surface area (Å²) in [5.41, 5.74) is 0.847. The van der Waals surface area contributed by atoms with E-state index in [4.69, 9.17) is 9.47 Å². The van der Waals surface area contributed by atoms with Crippen molar-refractivity contribution < 1.29 is 9.47 Å². The van der Waals surface area contributed by atoms with E-state index in [1.165, 1.54) is 0 Å². The summed E-state index contributed by atoms with van der Waals surface area (Å²) >= 11 is 3.30. The molecule has 0 fully saturated rings. The lowest BCUT2D eigenvalue weighted by molar-refractivity contribution is 0.288. The summed E-state index contributed by atoms with van der Waals surface area (Å²) in [5, 5.41) is 3.12. The van der Waals surface area contributed by atoms with Gasteiger partial charge < -0.3 is 14.8 Å². The van der Waals surface area contributed by atoms with E-state index >= 15 is 0 Å². The average Bonchev–Trinajstić information content (AvgIpc) is 2.45. The molecular formula is C14H16BrN3O2. The Morgan fingerprint density at radius 1 is 1.05 bits per heavy atom. The molecule has 0 atom stereocenters. The highest BCUT2D eigenvalue weighted by molar-refractivity contribution is 9.10. The molecule has 1 aromatic heterocycles. The molecule has 2 aromatic rings. The first-order valence-corrected chi connectivity index (χ1v) is 7.16. The number of ether oxygens (including phenoxy) is 2. The molecule has 0 unspecified atom stereocenters. The Balaban J connectivity index is 2.19. The number of rotatable bonds is 6. The number of nitrogens with one attached hydrogen (secondary N) is 1. The highest BCUT2D eigenvalue weighted by Crippen LogP contribution is 2.31. The monoisotopic (exact) mass is 337 g/mol. The van der Waals surface area contributed by atoms with Crippen molar-refractivity contribution in [3.8, 4) is 11.5 Å². The first-order valence-electron chi connectivity index (χ1n) is 6.37. The second-order valence-corrected chi connectivity index (χ2v) is 4.79. The van der Waals surface area contributed by atoms with Gasteiger partial charge in [0.25, 0.3) is 0 Å². The van der Waals surface area contributed by atoms with Crippen LogP contribution < -0.4 is 14.8 Å². The van der Waals surface area contributed by atoms with Crippen LogP contribution in [0.15, 0.2) is 35.1 Å². The van der Waals surface area contributed by atoms with Crippen LogP contribution in [0.1, 0.15) is 13.8 Å². The van der Waals surface area contributed by atoms with E-state index in [1.807, 2.05) is 32.0 Å². The lowest BCUT2D eigenvalue weighted by atomic mass is 10.2. The summed E-state index contributed by atoms with van der Waals surface area (Å²) in [5.74, 6) is 1.97. The molecule has 0 saturated heterocycles. The molecule has 1 aromatic carbocycles. The summed E-state index contributed by atoms with van der Waals surface area (Å²) in [6.45, 7) is 5.06. The molecule has 106 valence electrons. The van der Waals surface area contributed by atoms with Crippen LogP contribution in [0.2, 0.25) is 0 Å². The molecule has 2 rings (SSSR count). The Labute approximate surface area is 126 Å². The molecular weight excluding hydrogens is 322 g/mol. The van der Waals surface area contributed by atoms with Crippen molar-refractivity contribution in [3.05, 3.63) is 35.1 Å². The topological polar surface area (TPSA) is 56.3 Å². The number of benzene rings is 1. The minimum Gasteiger partial charge on any atom is -0.490 e. The van der Waals surface area contributed by atoms with Gasteiger partial charge in [-0.15, -0.1) is 0 Å². The van der Waals surface area contributed by atoms with Crippen molar-refractivity contribution in [2.24, 2.45) is 0 Å². The number of halogens is 1. The predicted octanol–water partition coefficient (Wildman–Crippen LogP) is 3.78. The Hall–Kier alpha value is -1.82. The number of hydrogen-bond donors (Lipinski definition) is 1. The second kappa shape index (κ2) is 7.09. The van der Waals surface area contributed by atoms with Crippen molar-refractivity contribution >= 4 is 27.6 Å². The van der Waals surface area contributed by atoms with Gasteiger partial charge in [-0.1, -0.05) is 0 Å². The van der Waals surface area contributed by atoms with Gasteiger partial charge in [0.15, 0.2) is 11.5 Å². The molecule has 1 N–H and O–H groups in total. The van der Waals surface area contributed by atoms with Gasteiger partial charge >= 0.3 is 0 Å². The maximum absolute atomic E-state index is 5.57. The van der Waals surface area contributed by atoms with E-state index in [2.05, 4.69) is 31.2 Å². The van der Waals surface area contributed by atoms with Crippen LogP contribution in [0.5, 0.6) is 11.5 Å². The molecule has 20 heavy (non-hydrogen) atoms. The third-order valence-corrected chi connectivity index (χ3v) is 2.83. The van der Waals surface area contributed by atoms with Crippen LogP contribution in [0, 0.1) is 0 Å². The molecule has 5 nitrogen and oxygen atoms in total. The first kappa shape index (κ1) is 14.6. The van der Waals surface area contributed by atoms with Crippen LogP contribution in [-0.2, 0) is 0 Å². The Kier molecular flexibility index (Phi) is 5.17. The quantitative estimate of drug-likeness (QED) is 0.869. The van der Waals surface area contributed by atoms with Crippen LogP contribution in [0.25, 0.3) is 0 Å². The molecule has 0 aliphatic heterocycles.